The van der Waals surface area contributed by atoms with Crippen LogP contribution in [-0.2, 0) is 16.4 Å². The molecule has 0 saturated carbocycles. The van der Waals surface area contributed by atoms with Gasteiger partial charge in [0.2, 0.25) is 10.0 Å². The molecule has 6 nitrogen and oxygen atoms in total. The quantitative estimate of drug-likeness (QED) is 0.889. The second-order valence-electron chi connectivity index (χ2n) is 6.30. The monoisotopic (exact) mass is 338 g/mol. The van der Waals surface area contributed by atoms with Crippen molar-refractivity contribution in [3.63, 3.8) is 0 Å². The van der Waals surface area contributed by atoms with Crippen molar-refractivity contribution < 1.29 is 17.9 Å². The highest BCUT2D eigenvalue weighted by Gasteiger charge is 2.26. The van der Waals surface area contributed by atoms with Crippen LogP contribution in [0.15, 0.2) is 18.2 Å². The van der Waals surface area contributed by atoms with Gasteiger partial charge >= 0.3 is 0 Å². The van der Waals surface area contributed by atoms with Crippen molar-refractivity contribution in [1.82, 2.24) is 9.62 Å². The molecule has 1 aromatic rings. The molecule has 2 aliphatic rings. The van der Waals surface area contributed by atoms with E-state index in [-0.39, 0.29) is 11.8 Å². The number of sulfonamides is 1. The third-order valence-corrected chi connectivity index (χ3v) is 5.07. The SMILES string of the molecule is CS(=O)(=O)NCC1CCCN(C(=O)c2ccc3c(c2)CCO3)C1. The minimum atomic E-state index is -3.19. The van der Waals surface area contributed by atoms with Crippen LogP contribution in [0.3, 0.4) is 0 Å². The van der Waals surface area contributed by atoms with Crippen molar-refractivity contribution in [1.29, 1.82) is 0 Å². The normalized spacial score (nSPS) is 20.9. The summed E-state index contributed by atoms with van der Waals surface area (Å²) in [5.74, 6) is 1.05. The fraction of sp³-hybridized carbons (Fsp3) is 0.562. The molecule has 1 saturated heterocycles. The number of rotatable bonds is 4. The summed E-state index contributed by atoms with van der Waals surface area (Å²) in [4.78, 5) is 14.5. The first-order valence-electron chi connectivity index (χ1n) is 7.92. The molecule has 126 valence electrons. The first kappa shape index (κ1) is 16.3. The van der Waals surface area contributed by atoms with E-state index in [9.17, 15) is 13.2 Å². The molecule has 1 amide bonds. The average molecular weight is 338 g/mol. The number of hydrogen-bond donors (Lipinski definition) is 1. The number of carbonyl (C=O) groups is 1. The summed E-state index contributed by atoms with van der Waals surface area (Å²) in [5.41, 5.74) is 1.77. The average Bonchev–Trinajstić information content (AvgIpc) is 2.99. The fourth-order valence-corrected chi connectivity index (χ4v) is 3.73. The van der Waals surface area contributed by atoms with E-state index in [0.29, 0.717) is 25.3 Å². The standard InChI is InChI=1S/C16H22N2O4S/c1-23(20,21)17-10-12-3-2-7-18(11-12)16(19)14-4-5-15-13(9-14)6-8-22-15/h4-5,9,12,17H,2-3,6-8,10-11H2,1H3. The zero-order chi connectivity index (χ0) is 16.4. The molecular formula is C16H22N2O4S. The Bertz CT molecular complexity index is 702. The number of ether oxygens (including phenoxy) is 1. The summed E-state index contributed by atoms with van der Waals surface area (Å²) in [7, 11) is -3.19. The molecule has 0 spiro atoms. The maximum Gasteiger partial charge on any atom is 0.253 e. The number of amides is 1. The van der Waals surface area contributed by atoms with Crippen LogP contribution in [0.4, 0.5) is 0 Å². The highest BCUT2D eigenvalue weighted by atomic mass is 32.2. The number of carbonyl (C=O) groups excluding carboxylic acids is 1. The van der Waals surface area contributed by atoms with Crippen molar-refractivity contribution in [2.45, 2.75) is 19.3 Å². The summed E-state index contributed by atoms with van der Waals surface area (Å²) < 4.78 is 30.4. The van der Waals surface area contributed by atoms with Crippen LogP contribution in [-0.4, -0.2) is 51.7 Å². The van der Waals surface area contributed by atoms with Gasteiger partial charge in [-0.05, 0) is 42.5 Å². The van der Waals surface area contributed by atoms with E-state index in [1.807, 2.05) is 23.1 Å². The Balaban J connectivity index is 1.65. The lowest BCUT2D eigenvalue weighted by Gasteiger charge is -2.33. The molecule has 7 heteroatoms. The van der Waals surface area contributed by atoms with Crippen molar-refractivity contribution in [3.05, 3.63) is 29.3 Å². The van der Waals surface area contributed by atoms with Crippen molar-refractivity contribution >= 4 is 15.9 Å². The molecule has 1 N–H and O–H groups in total. The third-order valence-electron chi connectivity index (χ3n) is 4.38. The number of piperidine rings is 1. The van der Waals surface area contributed by atoms with Crippen LogP contribution in [0.5, 0.6) is 5.75 Å². The van der Waals surface area contributed by atoms with Gasteiger partial charge in [0.1, 0.15) is 5.75 Å². The van der Waals surface area contributed by atoms with Crippen LogP contribution < -0.4 is 9.46 Å². The predicted molar refractivity (Wildman–Crippen MR) is 87.1 cm³/mol. The minimum absolute atomic E-state index is 0.0174. The Labute approximate surface area is 136 Å². The van der Waals surface area contributed by atoms with Gasteiger partial charge in [-0.1, -0.05) is 0 Å². The molecule has 1 atom stereocenters. The van der Waals surface area contributed by atoms with E-state index in [4.69, 9.17) is 4.74 Å². The molecule has 0 radical (unpaired) electrons. The van der Waals surface area contributed by atoms with Crippen LogP contribution in [0.2, 0.25) is 0 Å². The van der Waals surface area contributed by atoms with E-state index in [0.717, 1.165) is 43.4 Å². The van der Waals surface area contributed by atoms with Gasteiger partial charge in [-0.15, -0.1) is 0 Å². The Morgan fingerprint density at radius 1 is 1.43 bits per heavy atom. The topological polar surface area (TPSA) is 75.7 Å². The van der Waals surface area contributed by atoms with Crippen molar-refractivity contribution in [2.24, 2.45) is 5.92 Å². The third kappa shape index (κ3) is 4.03. The lowest BCUT2D eigenvalue weighted by atomic mass is 9.97. The highest BCUT2D eigenvalue weighted by Crippen LogP contribution is 2.27. The number of fused-ring (bicyclic) bond motifs is 1. The second kappa shape index (κ2) is 6.49. The van der Waals surface area contributed by atoms with Gasteiger partial charge in [0.15, 0.2) is 0 Å². The number of benzene rings is 1. The molecular weight excluding hydrogens is 316 g/mol. The fourth-order valence-electron chi connectivity index (χ4n) is 3.19. The largest absolute Gasteiger partial charge is 0.493 e. The minimum Gasteiger partial charge on any atom is -0.493 e. The van der Waals surface area contributed by atoms with Gasteiger partial charge < -0.3 is 9.64 Å². The van der Waals surface area contributed by atoms with Gasteiger partial charge in [-0.3, -0.25) is 4.79 Å². The summed E-state index contributed by atoms with van der Waals surface area (Å²) in [6, 6.07) is 5.59. The van der Waals surface area contributed by atoms with Crippen molar-refractivity contribution in [3.8, 4) is 5.75 Å². The van der Waals surface area contributed by atoms with E-state index in [2.05, 4.69) is 4.72 Å². The highest BCUT2D eigenvalue weighted by molar-refractivity contribution is 7.88. The summed E-state index contributed by atoms with van der Waals surface area (Å²) >= 11 is 0. The Morgan fingerprint density at radius 3 is 3.04 bits per heavy atom. The van der Waals surface area contributed by atoms with Crippen LogP contribution in [0.1, 0.15) is 28.8 Å². The van der Waals surface area contributed by atoms with Gasteiger partial charge in [0.05, 0.1) is 12.9 Å². The molecule has 2 heterocycles. The Hall–Kier alpha value is -1.60. The van der Waals surface area contributed by atoms with Crippen LogP contribution >= 0.6 is 0 Å². The molecule has 2 aliphatic heterocycles. The molecule has 1 unspecified atom stereocenters. The number of nitrogens with one attached hydrogen (secondary N) is 1. The smallest absolute Gasteiger partial charge is 0.253 e. The van der Waals surface area contributed by atoms with E-state index < -0.39 is 10.0 Å². The zero-order valence-corrected chi connectivity index (χ0v) is 14.1. The maximum atomic E-state index is 12.7. The molecule has 1 fully saturated rings. The lowest BCUT2D eigenvalue weighted by Crippen LogP contribution is -2.43. The van der Waals surface area contributed by atoms with Crippen LogP contribution in [0.25, 0.3) is 0 Å². The van der Waals surface area contributed by atoms with Crippen LogP contribution in [0, 0.1) is 5.92 Å². The molecule has 23 heavy (non-hydrogen) atoms. The molecule has 0 aromatic heterocycles. The molecule has 3 rings (SSSR count). The Morgan fingerprint density at radius 2 is 2.26 bits per heavy atom. The molecule has 0 aliphatic carbocycles. The van der Waals surface area contributed by atoms with Gasteiger partial charge in [-0.25, -0.2) is 13.1 Å². The summed E-state index contributed by atoms with van der Waals surface area (Å²) in [6.45, 7) is 2.38. The summed E-state index contributed by atoms with van der Waals surface area (Å²) in [6.07, 6.45) is 3.84. The van der Waals surface area contributed by atoms with Gasteiger partial charge in [0, 0.05) is 31.6 Å². The number of nitrogens with zero attached hydrogens (tertiary/aromatic N) is 1. The lowest BCUT2D eigenvalue weighted by molar-refractivity contribution is 0.0676. The first-order valence-corrected chi connectivity index (χ1v) is 9.81. The predicted octanol–water partition coefficient (Wildman–Crippen LogP) is 1.02. The maximum absolute atomic E-state index is 12.7. The summed E-state index contributed by atoms with van der Waals surface area (Å²) in [5, 5.41) is 0. The van der Waals surface area contributed by atoms with E-state index in [1.54, 1.807) is 0 Å². The number of hydrogen-bond acceptors (Lipinski definition) is 4. The van der Waals surface area contributed by atoms with Gasteiger partial charge in [0.25, 0.3) is 5.91 Å². The van der Waals surface area contributed by atoms with E-state index >= 15 is 0 Å². The zero-order valence-electron chi connectivity index (χ0n) is 13.2. The molecule has 0 bridgehead atoms. The van der Waals surface area contributed by atoms with E-state index in [1.165, 1.54) is 0 Å². The number of likely N-dealkylation sites (tertiary alicyclic amines) is 1. The molecule has 1 aromatic carbocycles. The Kier molecular flexibility index (Phi) is 4.59. The first-order chi connectivity index (χ1) is 10.9. The van der Waals surface area contributed by atoms with Crippen molar-refractivity contribution in [2.75, 3.05) is 32.5 Å². The van der Waals surface area contributed by atoms with Gasteiger partial charge in [-0.2, -0.15) is 0 Å². The second-order valence-corrected chi connectivity index (χ2v) is 8.13.